The Morgan fingerprint density at radius 3 is 2.50 bits per heavy atom. The number of hydrogen-bond acceptors (Lipinski definition) is 6. The zero-order valence-corrected chi connectivity index (χ0v) is 12.3. The molecule has 1 amide bonds. The molecule has 2 heterocycles. The number of rotatable bonds is 1. The van der Waals surface area contributed by atoms with Crippen molar-refractivity contribution in [3.63, 3.8) is 0 Å². The average Bonchev–Trinajstić information content (AvgIpc) is 2.88. The lowest BCUT2D eigenvalue weighted by molar-refractivity contribution is -0.149. The van der Waals surface area contributed by atoms with Gasteiger partial charge in [-0.15, -0.1) is 0 Å². The van der Waals surface area contributed by atoms with E-state index in [2.05, 4.69) is 5.32 Å². The Hall–Kier alpha value is -1.34. The van der Waals surface area contributed by atoms with E-state index in [1.807, 2.05) is 0 Å². The van der Waals surface area contributed by atoms with Crippen LogP contribution in [0.2, 0.25) is 0 Å². The van der Waals surface area contributed by atoms with Crippen LogP contribution in [0, 0.1) is 5.92 Å². The molecule has 2 rings (SSSR count). The average molecular weight is 286 g/mol. The second kappa shape index (κ2) is 5.21. The monoisotopic (exact) mass is 286 g/mol. The number of amides is 1. The normalized spacial score (nSPS) is 33.0. The van der Waals surface area contributed by atoms with Crippen molar-refractivity contribution in [1.29, 1.82) is 0 Å². The Kier molecular flexibility index (Phi) is 3.93. The topological polar surface area (TPSA) is 88.1 Å². The fraction of sp³-hybridized carbons (Fsp3) is 0.846. The van der Waals surface area contributed by atoms with Crippen LogP contribution in [0.25, 0.3) is 0 Å². The summed E-state index contributed by atoms with van der Waals surface area (Å²) in [5.41, 5.74) is -0.660. The van der Waals surface area contributed by atoms with Crippen LogP contribution in [0.3, 0.4) is 0 Å². The van der Waals surface area contributed by atoms with Gasteiger partial charge >= 0.3 is 12.1 Å². The van der Waals surface area contributed by atoms with E-state index in [0.29, 0.717) is 13.1 Å². The third kappa shape index (κ3) is 2.60. The lowest BCUT2D eigenvalue weighted by atomic mass is 9.99. The lowest BCUT2D eigenvalue weighted by Crippen LogP contribution is -2.51. The molecule has 0 bridgehead atoms. The van der Waals surface area contributed by atoms with Crippen LogP contribution >= 0.6 is 0 Å². The van der Waals surface area contributed by atoms with E-state index >= 15 is 0 Å². The number of ether oxygens (including phenoxy) is 2. The largest absolute Gasteiger partial charge is 0.467 e. The number of hydrogen-bond donors (Lipinski definition) is 2. The van der Waals surface area contributed by atoms with Gasteiger partial charge in [-0.25, -0.2) is 9.59 Å². The van der Waals surface area contributed by atoms with Crippen molar-refractivity contribution in [2.24, 2.45) is 5.92 Å². The van der Waals surface area contributed by atoms with Gasteiger partial charge in [0.2, 0.25) is 0 Å². The summed E-state index contributed by atoms with van der Waals surface area (Å²) in [6, 6.07) is -1.24. The molecule has 20 heavy (non-hydrogen) atoms. The van der Waals surface area contributed by atoms with Gasteiger partial charge in [0.1, 0.15) is 5.60 Å². The van der Waals surface area contributed by atoms with Crippen molar-refractivity contribution in [1.82, 2.24) is 10.2 Å². The molecule has 0 spiro atoms. The van der Waals surface area contributed by atoms with Crippen molar-refractivity contribution in [2.75, 3.05) is 20.2 Å². The first-order valence-electron chi connectivity index (χ1n) is 6.74. The number of esters is 1. The molecule has 0 aromatic carbocycles. The second-order valence-corrected chi connectivity index (χ2v) is 6.24. The van der Waals surface area contributed by atoms with Gasteiger partial charge < -0.3 is 19.9 Å². The molecule has 0 aliphatic carbocycles. The van der Waals surface area contributed by atoms with Gasteiger partial charge in [0.25, 0.3) is 0 Å². The highest BCUT2D eigenvalue weighted by Crippen LogP contribution is 2.34. The third-order valence-corrected chi connectivity index (χ3v) is 3.69. The molecule has 0 aromatic heterocycles. The minimum atomic E-state index is -0.994. The van der Waals surface area contributed by atoms with E-state index in [9.17, 15) is 14.7 Å². The van der Waals surface area contributed by atoms with Crippen molar-refractivity contribution in [3.05, 3.63) is 0 Å². The molecule has 2 fully saturated rings. The molecule has 7 nitrogen and oxygen atoms in total. The molecule has 0 radical (unpaired) electrons. The first-order valence-corrected chi connectivity index (χ1v) is 6.74. The molecular weight excluding hydrogens is 264 g/mol. The van der Waals surface area contributed by atoms with Crippen molar-refractivity contribution < 1.29 is 24.2 Å². The van der Waals surface area contributed by atoms with Crippen LogP contribution in [0.4, 0.5) is 4.79 Å². The zero-order chi connectivity index (χ0) is 15.1. The predicted octanol–water partition coefficient (Wildman–Crippen LogP) is -0.272. The smallest absolute Gasteiger partial charge is 0.411 e. The summed E-state index contributed by atoms with van der Waals surface area (Å²) in [6.07, 6.45) is -1.53. The maximum Gasteiger partial charge on any atom is 0.411 e. The highest BCUT2D eigenvalue weighted by Gasteiger charge is 2.56. The van der Waals surface area contributed by atoms with Crippen LogP contribution in [0.5, 0.6) is 0 Å². The lowest BCUT2D eigenvalue weighted by Gasteiger charge is -2.31. The van der Waals surface area contributed by atoms with Crippen LogP contribution in [-0.2, 0) is 14.3 Å². The quantitative estimate of drug-likeness (QED) is 0.645. The zero-order valence-electron chi connectivity index (χ0n) is 12.3. The molecule has 0 saturated carbocycles. The Balaban J connectivity index is 2.25. The van der Waals surface area contributed by atoms with Crippen LogP contribution in [0.1, 0.15) is 20.8 Å². The Morgan fingerprint density at radius 2 is 1.95 bits per heavy atom. The third-order valence-electron chi connectivity index (χ3n) is 3.69. The number of aliphatic hydroxyl groups excluding tert-OH is 1. The van der Waals surface area contributed by atoms with Crippen molar-refractivity contribution in [3.8, 4) is 0 Å². The first-order chi connectivity index (χ1) is 9.26. The predicted molar refractivity (Wildman–Crippen MR) is 70.0 cm³/mol. The number of carbonyl (C=O) groups excluding carboxylic acids is 2. The summed E-state index contributed by atoms with van der Waals surface area (Å²) in [6.45, 7) is 6.38. The molecule has 2 saturated heterocycles. The summed E-state index contributed by atoms with van der Waals surface area (Å²) < 4.78 is 10.1. The number of nitrogens with one attached hydrogen (secondary N) is 1. The Labute approximate surface area is 118 Å². The minimum absolute atomic E-state index is 0.174. The van der Waals surface area contributed by atoms with E-state index in [-0.39, 0.29) is 12.0 Å². The molecule has 7 heteroatoms. The number of fused-ring (bicyclic) bond motifs is 1. The van der Waals surface area contributed by atoms with Gasteiger partial charge in [-0.3, -0.25) is 4.90 Å². The minimum Gasteiger partial charge on any atom is -0.467 e. The molecule has 0 aromatic rings. The Bertz CT molecular complexity index is 406. The van der Waals surface area contributed by atoms with E-state index in [4.69, 9.17) is 9.47 Å². The summed E-state index contributed by atoms with van der Waals surface area (Å²) in [5, 5.41) is 13.4. The fourth-order valence-corrected chi connectivity index (χ4v) is 2.88. The van der Waals surface area contributed by atoms with Gasteiger partial charge in [-0.2, -0.15) is 0 Å². The SMILES string of the molecule is COC(=O)[C@H]1[C@@H](O)[C@H]2CNC[C@H]2N1C(=O)OC(C)(C)C. The van der Waals surface area contributed by atoms with Crippen LogP contribution in [-0.4, -0.2) is 66.1 Å². The van der Waals surface area contributed by atoms with Crippen LogP contribution < -0.4 is 5.32 Å². The molecule has 114 valence electrons. The molecule has 2 aliphatic rings. The summed E-state index contributed by atoms with van der Waals surface area (Å²) in [4.78, 5) is 25.5. The maximum atomic E-state index is 12.3. The van der Waals surface area contributed by atoms with Gasteiger partial charge in [0, 0.05) is 19.0 Å². The number of nitrogens with zero attached hydrogens (tertiary/aromatic N) is 1. The van der Waals surface area contributed by atoms with Gasteiger partial charge in [0.05, 0.1) is 19.3 Å². The van der Waals surface area contributed by atoms with Gasteiger partial charge in [-0.05, 0) is 20.8 Å². The summed E-state index contributed by atoms with van der Waals surface area (Å²) in [7, 11) is 1.24. The van der Waals surface area contributed by atoms with E-state index < -0.39 is 29.8 Å². The van der Waals surface area contributed by atoms with E-state index in [1.165, 1.54) is 12.0 Å². The highest BCUT2D eigenvalue weighted by molar-refractivity contribution is 5.83. The standard InChI is InChI=1S/C13H22N2O5/c1-13(2,3)20-12(18)15-8-6-14-5-7(8)10(16)9(15)11(17)19-4/h7-10,14,16H,5-6H2,1-4H3/t7-,8+,9+,10-/m0/s1. The molecule has 2 aliphatic heterocycles. The number of likely N-dealkylation sites (tertiary alicyclic amines) is 1. The number of methoxy groups -OCH3 is 1. The molecule has 4 atom stereocenters. The van der Waals surface area contributed by atoms with Crippen LogP contribution in [0.15, 0.2) is 0 Å². The maximum absolute atomic E-state index is 12.3. The summed E-state index contributed by atoms with van der Waals surface area (Å²) >= 11 is 0. The molecule has 0 unspecified atom stereocenters. The number of aliphatic hydroxyl groups is 1. The molecule has 2 N–H and O–H groups in total. The van der Waals surface area contributed by atoms with Crippen molar-refractivity contribution >= 4 is 12.1 Å². The highest BCUT2D eigenvalue weighted by atomic mass is 16.6. The first kappa shape index (κ1) is 15.1. The van der Waals surface area contributed by atoms with Gasteiger partial charge in [-0.1, -0.05) is 0 Å². The number of carbonyl (C=O) groups is 2. The fourth-order valence-electron chi connectivity index (χ4n) is 2.88. The second-order valence-electron chi connectivity index (χ2n) is 6.24. The molecular formula is C13H22N2O5. The Morgan fingerprint density at radius 1 is 1.30 bits per heavy atom. The van der Waals surface area contributed by atoms with Crippen molar-refractivity contribution in [2.45, 2.75) is 44.6 Å². The van der Waals surface area contributed by atoms with Gasteiger partial charge in [0.15, 0.2) is 6.04 Å². The summed E-state index contributed by atoms with van der Waals surface area (Å²) in [5.74, 6) is -0.788. The van der Waals surface area contributed by atoms with E-state index in [1.54, 1.807) is 20.8 Å². The van der Waals surface area contributed by atoms with E-state index in [0.717, 1.165) is 0 Å².